The second kappa shape index (κ2) is 8.09. The summed E-state index contributed by atoms with van der Waals surface area (Å²) in [5.74, 6) is -0.332. The zero-order chi connectivity index (χ0) is 19.2. The van der Waals surface area contributed by atoms with E-state index in [0.29, 0.717) is 11.3 Å². The summed E-state index contributed by atoms with van der Waals surface area (Å²) in [4.78, 5) is 16.8. The van der Waals surface area contributed by atoms with E-state index in [4.69, 9.17) is 0 Å². The van der Waals surface area contributed by atoms with Gasteiger partial charge in [-0.3, -0.25) is 9.78 Å². The van der Waals surface area contributed by atoms with Gasteiger partial charge in [0.05, 0.1) is 17.5 Å². The SMILES string of the molecule is O=C(N/N=C/c1cccnc1)c1cn(-c2ccccc2)nc1-c1ccccc1. The summed E-state index contributed by atoms with van der Waals surface area (Å²) < 4.78 is 1.70. The molecule has 0 atom stereocenters. The van der Waals surface area contributed by atoms with Crippen molar-refractivity contribution in [3.05, 3.63) is 103 Å². The largest absolute Gasteiger partial charge is 0.275 e. The molecular formula is C22H17N5O. The molecule has 0 aliphatic carbocycles. The van der Waals surface area contributed by atoms with Crippen LogP contribution >= 0.6 is 0 Å². The van der Waals surface area contributed by atoms with E-state index in [2.05, 4.69) is 20.6 Å². The first kappa shape index (κ1) is 17.4. The highest BCUT2D eigenvalue weighted by Crippen LogP contribution is 2.23. The molecule has 0 saturated heterocycles. The second-order valence-corrected chi connectivity index (χ2v) is 6.02. The van der Waals surface area contributed by atoms with Crippen molar-refractivity contribution in [3.63, 3.8) is 0 Å². The van der Waals surface area contributed by atoms with Gasteiger partial charge in [-0.25, -0.2) is 10.1 Å². The van der Waals surface area contributed by atoms with Crippen molar-refractivity contribution in [1.29, 1.82) is 0 Å². The summed E-state index contributed by atoms with van der Waals surface area (Å²) in [6, 6.07) is 22.9. The maximum absolute atomic E-state index is 12.8. The number of aromatic nitrogens is 3. The zero-order valence-corrected chi connectivity index (χ0v) is 14.9. The first-order valence-electron chi connectivity index (χ1n) is 8.75. The lowest BCUT2D eigenvalue weighted by molar-refractivity contribution is 0.0956. The summed E-state index contributed by atoms with van der Waals surface area (Å²) in [7, 11) is 0. The molecule has 0 saturated carbocycles. The topological polar surface area (TPSA) is 72.2 Å². The maximum Gasteiger partial charge on any atom is 0.275 e. The molecule has 0 aliphatic rings. The number of carbonyl (C=O) groups is 1. The van der Waals surface area contributed by atoms with Crippen LogP contribution in [-0.2, 0) is 0 Å². The van der Waals surface area contributed by atoms with Gasteiger partial charge >= 0.3 is 0 Å². The number of hydrogen-bond acceptors (Lipinski definition) is 4. The Hall–Kier alpha value is -4.06. The highest BCUT2D eigenvalue weighted by molar-refractivity contribution is 6.00. The fourth-order valence-corrected chi connectivity index (χ4v) is 2.74. The first-order chi connectivity index (χ1) is 13.8. The predicted molar refractivity (Wildman–Crippen MR) is 108 cm³/mol. The van der Waals surface area contributed by atoms with Crippen LogP contribution in [0.15, 0.2) is 96.5 Å². The van der Waals surface area contributed by atoms with Crippen LogP contribution in [0.5, 0.6) is 0 Å². The van der Waals surface area contributed by atoms with Crippen molar-refractivity contribution >= 4 is 12.1 Å². The Morgan fingerprint density at radius 3 is 2.43 bits per heavy atom. The van der Waals surface area contributed by atoms with Gasteiger partial charge in [-0.05, 0) is 18.2 Å². The van der Waals surface area contributed by atoms with Crippen molar-refractivity contribution in [2.24, 2.45) is 5.10 Å². The number of hydrazone groups is 1. The number of para-hydroxylation sites is 1. The quantitative estimate of drug-likeness (QED) is 0.432. The van der Waals surface area contributed by atoms with Crippen LogP contribution in [0, 0.1) is 0 Å². The van der Waals surface area contributed by atoms with Gasteiger partial charge in [0.15, 0.2) is 0 Å². The minimum absolute atomic E-state index is 0.332. The fourth-order valence-electron chi connectivity index (χ4n) is 2.74. The van der Waals surface area contributed by atoms with Gasteiger partial charge in [0, 0.05) is 29.7 Å². The Balaban J connectivity index is 1.65. The molecular weight excluding hydrogens is 350 g/mol. The number of pyridine rings is 1. The molecule has 4 rings (SSSR count). The average molecular weight is 367 g/mol. The van der Waals surface area contributed by atoms with E-state index in [1.807, 2.05) is 66.7 Å². The van der Waals surface area contributed by atoms with Crippen LogP contribution in [0.1, 0.15) is 15.9 Å². The normalized spacial score (nSPS) is 10.9. The number of benzene rings is 2. The number of hydrogen-bond donors (Lipinski definition) is 1. The van der Waals surface area contributed by atoms with Crippen molar-refractivity contribution in [2.45, 2.75) is 0 Å². The second-order valence-electron chi connectivity index (χ2n) is 6.02. The Bertz CT molecular complexity index is 1090. The van der Waals surface area contributed by atoms with E-state index in [0.717, 1.165) is 16.8 Å². The van der Waals surface area contributed by atoms with E-state index in [1.54, 1.807) is 35.6 Å². The molecule has 28 heavy (non-hydrogen) atoms. The molecule has 0 fully saturated rings. The number of rotatable bonds is 5. The van der Waals surface area contributed by atoms with Crippen molar-refractivity contribution in [3.8, 4) is 16.9 Å². The smallest absolute Gasteiger partial charge is 0.267 e. The Morgan fingerprint density at radius 1 is 0.964 bits per heavy atom. The van der Waals surface area contributed by atoms with E-state index in [-0.39, 0.29) is 5.91 Å². The van der Waals surface area contributed by atoms with Crippen LogP contribution < -0.4 is 5.43 Å². The molecule has 0 radical (unpaired) electrons. The molecule has 2 aromatic heterocycles. The van der Waals surface area contributed by atoms with Crippen molar-refractivity contribution in [1.82, 2.24) is 20.2 Å². The highest BCUT2D eigenvalue weighted by atomic mass is 16.2. The molecule has 6 heteroatoms. The van der Waals surface area contributed by atoms with Gasteiger partial charge in [-0.2, -0.15) is 10.2 Å². The van der Waals surface area contributed by atoms with E-state index in [9.17, 15) is 4.79 Å². The summed E-state index contributed by atoms with van der Waals surface area (Å²) in [6.45, 7) is 0. The van der Waals surface area contributed by atoms with Crippen LogP contribution in [0.2, 0.25) is 0 Å². The predicted octanol–water partition coefficient (Wildman–Crippen LogP) is 3.70. The van der Waals surface area contributed by atoms with Crippen LogP contribution in [-0.4, -0.2) is 26.9 Å². The van der Waals surface area contributed by atoms with Gasteiger partial charge in [0.1, 0.15) is 5.69 Å². The molecule has 0 spiro atoms. The van der Waals surface area contributed by atoms with Gasteiger partial charge < -0.3 is 0 Å². The molecule has 0 aliphatic heterocycles. The molecule has 2 heterocycles. The molecule has 6 nitrogen and oxygen atoms in total. The van der Waals surface area contributed by atoms with Gasteiger partial charge in [0.25, 0.3) is 5.91 Å². The molecule has 1 N–H and O–H groups in total. The summed E-state index contributed by atoms with van der Waals surface area (Å²) >= 11 is 0. The number of carbonyl (C=O) groups excluding carboxylic acids is 1. The summed E-state index contributed by atoms with van der Waals surface area (Å²) in [5.41, 5.74) is 6.14. The van der Waals surface area contributed by atoms with E-state index >= 15 is 0 Å². The lowest BCUT2D eigenvalue weighted by atomic mass is 10.1. The van der Waals surface area contributed by atoms with E-state index < -0.39 is 0 Å². The number of nitrogens with zero attached hydrogens (tertiary/aromatic N) is 4. The summed E-state index contributed by atoms with van der Waals surface area (Å²) in [5, 5.41) is 8.67. The van der Waals surface area contributed by atoms with Gasteiger partial charge in [-0.15, -0.1) is 0 Å². The Morgan fingerprint density at radius 2 is 1.71 bits per heavy atom. The lowest BCUT2D eigenvalue weighted by Gasteiger charge is -2.01. The molecule has 0 unspecified atom stereocenters. The molecule has 136 valence electrons. The Kier molecular flexibility index (Phi) is 5.02. The Labute approximate surface area is 162 Å². The third-order valence-electron chi connectivity index (χ3n) is 4.09. The molecule has 4 aromatic rings. The van der Waals surface area contributed by atoms with Crippen molar-refractivity contribution in [2.75, 3.05) is 0 Å². The first-order valence-corrected chi connectivity index (χ1v) is 8.75. The lowest BCUT2D eigenvalue weighted by Crippen LogP contribution is -2.18. The minimum Gasteiger partial charge on any atom is -0.267 e. The van der Waals surface area contributed by atoms with Crippen molar-refractivity contribution < 1.29 is 4.79 Å². The monoisotopic (exact) mass is 367 g/mol. The minimum atomic E-state index is -0.332. The number of nitrogens with one attached hydrogen (secondary N) is 1. The summed E-state index contributed by atoms with van der Waals surface area (Å²) in [6.07, 6.45) is 6.61. The molecule has 1 amide bonds. The average Bonchev–Trinajstić information content (AvgIpc) is 3.21. The molecule has 0 bridgehead atoms. The third-order valence-corrected chi connectivity index (χ3v) is 4.09. The van der Waals surface area contributed by atoms with Crippen LogP contribution in [0.25, 0.3) is 16.9 Å². The highest BCUT2D eigenvalue weighted by Gasteiger charge is 2.18. The standard InChI is InChI=1S/C22H17N5O/c28-22(25-24-15-17-8-7-13-23-14-17)20-16-27(19-11-5-2-6-12-19)26-21(20)18-9-3-1-4-10-18/h1-16H,(H,25,28)/b24-15+. The zero-order valence-electron chi connectivity index (χ0n) is 14.9. The van der Waals surface area contributed by atoms with Crippen LogP contribution in [0.3, 0.4) is 0 Å². The molecule has 2 aromatic carbocycles. The third kappa shape index (κ3) is 3.86. The fraction of sp³-hybridized carbons (Fsp3) is 0. The number of amides is 1. The van der Waals surface area contributed by atoms with E-state index in [1.165, 1.54) is 0 Å². The van der Waals surface area contributed by atoms with Crippen LogP contribution in [0.4, 0.5) is 0 Å². The van der Waals surface area contributed by atoms with Gasteiger partial charge in [-0.1, -0.05) is 54.6 Å². The van der Waals surface area contributed by atoms with Gasteiger partial charge in [0.2, 0.25) is 0 Å². The maximum atomic E-state index is 12.8.